The Kier molecular flexibility index (Phi) is 5.21. The zero-order valence-corrected chi connectivity index (χ0v) is 10.4. The van der Waals surface area contributed by atoms with E-state index in [1.807, 2.05) is 6.92 Å². The number of hydrogen-bond acceptors (Lipinski definition) is 3. The number of imide groups is 1. The summed E-state index contributed by atoms with van der Waals surface area (Å²) in [6.07, 6.45) is 0.604. The van der Waals surface area contributed by atoms with Crippen molar-refractivity contribution in [3.05, 3.63) is 0 Å². The Labute approximate surface area is 105 Å². The number of nitrogens with one attached hydrogen (secondary N) is 2. The van der Waals surface area contributed by atoms with E-state index in [0.717, 1.165) is 0 Å². The molecule has 4 amide bonds. The largest absolute Gasteiger partial charge is 0.353 e. The molecule has 0 aromatic carbocycles. The summed E-state index contributed by atoms with van der Waals surface area (Å²) in [5, 5.41) is 4.90. The second kappa shape index (κ2) is 6.44. The molecule has 1 saturated heterocycles. The van der Waals surface area contributed by atoms with Gasteiger partial charge in [0.05, 0.1) is 0 Å². The van der Waals surface area contributed by atoms with Gasteiger partial charge in [-0.1, -0.05) is 6.92 Å². The van der Waals surface area contributed by atoms with Gasteiger partial charge in [-0.2, -0.15) is 0 Å². The fourth-order valence-corrected chi connectivity index (χ4v) is 1.87. The molecule has 17 heavy (non-hydrogen) atoms. The predicted molar refractivity (Wildman–Crippen MR) is 62.7 cm³/mol. The quantitative estimate of drug-likeness (QED) is 0.706. The van der Waals surface area contributed by atoms with Crippen molar-refractivity contribution in [3.8, 4) is 0 Å². The minimum atomic E-state index is -0.526. The van der Waals surface area contributed by atoms with E-state index >= 15 is 0 Å². The topological polar surface area (TPSA) is 78.5 Å². The van der Waals surface area contributed by atoms with Gasteiger partial charge in [0.2, 0.25) is 11.8 Å². The summed E-state index contributed by atoms with van der Waals surface area (Å²) in [5.74, 6) is -0.443. The summed E-state index contributed by atoms with van der Waals surface area (Å²) < 4.78 is 0. The van der Waals surface area contributed by atoms with E-state index in [4.69, 9.17) is 11.6 Å². The molecule has 0 aliphatic carbocycles. The Bertz CT molecular complexity index is 322. The second-order valence-corrected chi connectivity index (χ2v) is 4.08. The van der Waals surface area contributed by atoms with Crippen LogP contribution in [0.2, 0.25) is 0 Å². The van der Waals surface area contributed by atoms with E-state index in [0.29, 0.717) is 19.5 Å². The molecule has 1 aliphatic heterocycles. The molecule has 0 radical (unpaired) electrons. The molecule has 0 bridgehead atoms. The number of hydrogen-bond donors (Lipinski definition) is 2. The third kappa shape index (κ3) is 3.59. The zero-order valence-electron chi connectivity index (χ0n) is 9.66. The number of amides is 4. The number of nitrogens with zero attached hydrogens (tertiary/aromatic N) is 1. The molecule has 1 rings (SSSR count). The standard InChI is InChI=1S/C10H16ClN3O3/c1-2-7-9(16)12-5-6-14(7)10(17)13-8(15)3-4-11/h7H,2-6H2,1H3,(H,12,16)(H,13,15,17). The molecule has 6 nitrogen and oxygen atoms in total. The molecule has 1 unspecified atom stereocenters. The first-order valence-electron chi connectivity index (χ1n) is 5.54. The van der Waals surface area contributed by atoms with Crippen LogP contribution in [0.25, 0.3) is 0 Å². The van der Waals surface area contributed by atoms with Crippen LogP contribution in [0.15, 0.2) is 0 Å². The molecule has 0 saturated carbocycles. The predicted octanol–water partition coefficient (Wildman–Crippen LogP) is 0.0619. The average Bonchev–Trinajstić information content (AvgIpc) is 2.28. The van der Waals surface area contributed by atoms with Gasteiger partial charge in [0, 0.05) is 25.4 Å². The van der Waals surface area contributed by atoms with E-state index < -0.39 is 18.0 Å². The number of alkyl halides is 1. The number of piperazine rings is 1. The van der Waals surface area contributed by atoms with Crippen molar-refractivity contribution in [2.75, 3.05) is 19.0 Å². The van der Waals surface area contributed by atoms with Crippen molar-refractivity contribution in [2.45, 2.75) is 25.8 Å². The van der Waals surface area contributed by atoms with Crippen LogP contribution >= 0.6 is 11.6 Å². The first-order valence-corrected chi connectivity index (χ1v) is 6.07. The Morgan fingerprint density at radius 3 is 2.88 bits per heavy atom. The van der Waals surface area contributed by atoms with Crippen molar-refractivity contribution in [1.82, 2.24) is 15.5 Å². The lowest BCUT2D eigenvalue weighted by Gasteiger charge is -2.34. The Balaban J connectivity index is 2.60. The summed E-state index contributed by atoms with van der Waals surface area (Å²) in [5.41, 5.74) is 0. The minimum absolute atomic E-state index is 0.0874. The Morgan fingerprint density at radius 2 is 2.29 bits per heavy atom. The van der Waals surface area contributed by atoms with Gasteiger partial charge in [-0.15, -0.1) is 11.6 Å². The van der Waals surface area contributed by atoms with Gasteiger partial charge in [-0.25, -0.2) is 4.79 Å². The first-order chi connectivity index (χ1) is 8.10. The van der Waals surface area contributed by atoms with E-state index in [1.54, 1.807) is 0 Å². The average molecular weight is 262 g/mol. The monoisotopic (exact) mass is 261 g/mol. The van der Waals surface area contributed by atoms with Crippen LogP contribution in [0, 0.1) is 0 Å². The van der Waals surface area contributed by atoms with Crippen LogP contribution in [0.5, 0.6) is 0 Å². The SMILES string of the molecule is CCC1C(=O)NCCN1C(=O)NC(=O)CCCl. The molecule has 0 aromatic heterocycles. The maximum Gasteiger partial charge on any atom is 0.324 e. The molecule has 0 spiro atoms. The molecular formula is C10H16ClN3O3. The zero-order chi connectivity index (χ0) is 12.8. The van der Waals surface area contributed by atoms with E-state index in [-0.39, 0.29) is 18.2 Å². The van der Waals surface area contributed by atoms with Gasteiger partial charge in [0.25, 0.3) is 0 Å². The van der Waals surface area contributed by atoms with Gasteiger partial charge >= 0.3 is 6.03 Å². The summed E-state index contributed by atoms with van der Waals surface area (Å²) in [4.78, 5) is 35.9. The highest BCUT2D eigenvalue weighted by atomic mass is 35.5. The molecule has 7 heteroatoms. The number of carbonyl (C=O) groups excluding carboxylic acids is 3. The maximum atomic E-state index is 11.8. The first kappa shape index (κ1) is 13.8. The smallest absolute Gasteiger partial charge is 0.324 e. The Hall–Kier alpha value is -1.30. The van der Waals surface area contributed by atoms with Crippen LogP contribution in [-0.4, -0.2) is 47.8 Å². The van der Waals surface area contributed by atoms with Crippen LogP contribution in [0.1, 0.15) is 19.8 Å². The van der Waals surface area contributed by atoms with Crippen LogP contribution in [0.4, 0.5) is 4.79 Å². The molecular weight excluding hydrogens is 246 g/mol. The van der Waals surface area contributed by atoms with Crippen LogP contribution in [0.3, 0.4) is 0 Å². The van der Waals surface area contributed by atoms with E-state index in [1.165, 1.54) is 4.90 Å². The summed E-state index contributed by atoms with van der Waals surface area (Å²) >= 11 is 5.39. The van der Waals surface area contributed by atoms with Gasteiger partial charge in [0.15, 0.2) is 0 Å². The third-order valence-corrected chi connectivity index (χ3v) is 2.74. The third-order valence-electron chi connectivity index (χ3n) is 2.55. The highest BCUT2D eigenvalue weighted by Gasteiger charge is 2.32. The number of urea groups is 1. The molecule has 2 N–H and O–H groups in total. The van der Waals surface area contributed by atoms with Crippen molar-refractivity contribution < 1.29 is 14.4 Å². The van der Waals surface area contributed by atoms with Crippen molar-refractivity contribution in [2.24, 2.45) is 0 Å². The molecule has 1 heterocycles. The molecule has 1 fully saturated rings. The normalized spacial score (nSPS) is 19.8. The number of rotatable bonds is 3. The van der Waals surface area contributed by atoms with Gasteiger partial charge < -0.3 is 10.2 Å². The van der Waals surface area contributed by atoms with Gasteiger partial charge in [0.1, 0.15) is 6.04 Å². The lowest BCUT2D eigenvalue weighted by atomic mass is 10.1. The van der Waals surface area contributed by atoms with Gasteiger partial charge in [-0.3, -0.25) is 14.9 Å². The lowest BCUT2D eigenvalue weighted by Crippen LogP contribution is -2.59. The fraction of sp³-hybridized carbons (Fsp3) is 0.700. The van der Waals surface area contributed by atoms with Crippen LogP contribution in [-0.2, 0) is 9.59 Å². The van der Waals surface area contributed by atoms with Crippen molar-refractivity contribution in [3.63, 3.8) is 0 Å². The molecule has 1 atom stereocenters. The molecule has 1 aliphatic rings. The van der Waals surface area contributed by atoms with Crippen molar-refractivity contribution in [1.29, 1.82) is 0 Å². The van der Waals surface area contributed by atoms with Crippen LogP contribution < -0.4 is 10.6 Å². The summed E-state index contributed by atoms with van der Waals surface area (Å²) in [6.45, 7) is 2.63. The number of halogens is 1. The molecule has 0 aromatic rings. The maximum absolute atomic E-state index is 11.8. The van der Waals surface area contributed by atoms with E-state index in [2.05, 4.69) is 10.6 Å². The Morgan fingerprint density at radius 1 is 1.59 bits per heavy atom. The highest BCUT2D eigenvalue weighted by Crippen LogP contribution is 2.08. The van der Waals surface area contributed by atoms with E-state index in [9.17, 15) is 14.4 Å². The minimum Gasteiger partial charge on any atom is -0.353 e. The van der Waals surface area contributed by atoms with Gasteiger partial charge in [-0.05, 0) is 6.42 Å². The lowest BCUT2D eigenvalue weighted by molar-refractivity contribution is -0.128. The summed E-state index contributed by atoms with van der Waals surface area (Å²) in [7, 11) is 0. The highest BCUT2D eigenvalue weighted by molar-refractivity contribution is 6.19. The summed E-state index contributed by atoms with van der Waals surface area (Å²) in [6, 6.07) is -1.03. The number of carbonyl (C=O) groups is 3. The molecule has 96 valence electrons. The second-order valence-electron chi connectivity index (χ2n) is 3.70. The fourth-order valence-electron chi connectivity index (χ4n) is 1.70. The van der Waals surface area contributed by atoms with Crippen molar-refractivity contribution >= 4 is 29.4 Å².